The highest BCUT2D eigenvalue weighted by Crippen LogP contribution is 2.19. The third-order valence-electron chi connectivity index (χ3n) is 4.36. The minimum Gasteiger partial charge on any atom is -0.366 e. The Morgan fingerprint density at radius 1 is 1.31 bits per heavy atom. The minimum atomic E-state index is -2.73. The Labute approximate surface area is 150 Å². The highest BCUT2D eigenvalue weighted by molar-refractivity contribution is 5.77. The molecule has 0 atom stereocenters. The van der Waals surface area contributed by atoms with Crippen LogP contribution in [-0.2, 0) is 4.79 Å². The number of nitrogens with zero attached hydrogens (tertiary/aromatic N) is 5. The first-order valence-electron chi connectivity index (χ1n) is 8.83. The van der Waals surface area contributed by atoms with Gasteiger partial charge in [0.2, 0.25) is 11.7 Å². The van der Waals surface area contributed by atoms with Gasteiger partial charge in [0.15, 0.2) is 5.65 Å². The van der Waals surface area contributed by atoms with Gasteiger partial charge in [0, 0.05) is 25.7 Å². The zero-order valence-corrected chi connectivity index (χ0v) is 14.7. The monoisotopic (exact) mass is 367 g/mol. The van der Waals surface area contributed by atoms with E-state index >= 15 is 0 Å². The van der Waals surface area contributed by atoms with Gasteiger partial charge in [-0.2, -0.15) is 4.52 Å². The number of likely N-dealkylation sites (tertiary alicyclic amines) is 1. The standard InChI is InChI=1S/C16H23F2N7O/c1-2-7-19-14(26)10-24-8-5-11(6-9-24)20-12-3-4-13-21-22-16(15(17)18)25(13)23-12/h3-4,11,15H,2,5-10H2,1H3,(H,19,26)(H,20,23). The number of aromatic nitrogens is 4. The van der Waals surface area contributed by atoms with E-state index in [-0.39, 0.29) is 11.9 Å². The molecule has 1 amide bonds. The van der Waals surface area contributed by atoms with Crippen molar-refractivity contribution in [1.29, 1.82) is 0 Å². The summed E-state index contributed by atoms with van der Waals surface area (Å²) < 4.78 is 26.9. The van der Waals surface area contributed by atoms with E-state index in [1.54, 1.807) is 12.1 Å². The van der Waals surface area contributed by atoms with Crippen LogP contribution in [0.3, 0.4) is 0 Å². The third-order valence-corrected chi connectivity index (χ3v) is 4.36. The maximum Gasteiger partial charge on any atom is 0.299 e. The fourth-order valence-corrected chi connectivity index (χ4v) is 2.99. The number of fused-ring (bicyclic) bond motifs is 1. The SMILES string of the molecule is CCCNC(=O)CN1CCC(Nc2ccc3nnc(C(F)F)n3n2)CC1. The van der Waals surface area contributed by atoms with Crippen LogP contribution in [0.25, 0.3) is 5.65 Å². The maximum atomic E-state index is 12.9. The minimum absolute atomic E-state index is 0.0533. The molecule has 1 aliphatic rings. The number of carbonyl (C=O) groups excluding carboxylic acids is 1. The Bertz CT molecular complexity index is 743. The molecule has 0 radical (unpaired) electrons. The summed E-state index contributed by atoms with van der Waals surface area (Å²) in [6.45, 7) is 4.74. The number of amides is 1. The second kappa shape index (κ2) is 8.35. The normalized spacial score (nSPS) is 16.3. The quantitative estimate of drug-likeness (QED) is 0.771. The van der Waals surface area contributed by atoms with E-state index in [1.807, 2.05) is 6.92 Å². The molecule has 3 heterocycles. The summed E-state index contributed by atoms with van der Waals surface area (Å²) >= 11 is 0. The maximum absolute atomic E-state index is 12.9. The second-order valence-electron chi connectivity index (χ2n) is 6.39. The molecule has 3 rings (SSSR count). The summed E-state index contributed by atoms with van der Waals surface area (Å²) in [4.78, 5) is 13.9. The predicted octanol–water partition coefficient (Wildman–Crippen LogP) is 1.46. The molecular formula is C16H23F2N7O. The summed E-state index contributed by atoms with van der Waals surface area (Å²) in [7, 11) is 0. The molecule has 1 aliphatic heterocycles. The molecule has 0 aliphatic carbocycles. The van der Waals surface area contributed by atoms with Gasteiger partial charge in [0.05, 0.1) is 6.54 Å². The van der Waals surface area contributed by atoms with Crippen LogP contribution in [0.2, 0.25) is 0 Å². The molecule has 142 valence electrons. The van der Waals surface area contributed by atoms with Crippen LogP contribution >= 0.6 is 0 Å². The van der Waals surface area contributed by atoms with Gasteiger partial charge < -0.3 is 10.6 Å². The van der Waals surface area contributed by atoms with Crippen molar-refractivity contribution in [3.63, 3.8) is 0 Å². The Kier molecular flexibility index (Phi) is 5.92. The van der Waals surface area contributed by atoms with Gasteiger partial charge in [-0.25, -0.2) is 8.78 Å². The molecule has 0 unspecified atom stereocenters. The third kappa shape index (κ3) is 4.43. The Hall–Kier alpha value is -2.36. The Balaban J connectivity index is 1.54. The number of hydrogen-bond acceptors (Lipinski definition) is 6. The zero-order valence-electron chi connectivity index (χ0n) is 14.7. The Morgan fingerprint density at radius 2 is 2.08 bits per heavy atom. The van der Waals surface area contributed by atoms with Crippen LogP contribution in [-0.4, -0.2) is 62.8 Å². The van der Waals surface area contributed by atoms with Crippen molar-refractivity contribution in [2.75, 3.05) is 31.5 Å². The molecule has 0 spiro atoms. The molecule has 2 aromatic rings. The van der Waals surface area contributed by atoms with Crippen molar-refractivity contribution in [3.8, 4) is 0 Å². The van der Waals surface area contributed by atoms with Crippen LogP contribution in [0.15, 0.2) is 12.1 Å². The number of halogens is 2. The number of piperidine rings is 1. The number of rotatable bonds is 7. The molecule has 8 nitrogen and oxygen atoms in total. The van der Waals surface area contributed by atoms with Gasteiger partial charge in [-0.1, -0.05) is 6.92 Å². The van der Waals surface area contributed by atoms with Gasteiger partial charge in [0.1, 0.15) is 5.82 Å². The number of carbonyl (C=O) groups is 1. The topological polar surface area (TPSA) is 87.5 Å². The smallest absolute Gasteiger partial charge is 0.299 e. The van der Waals surface area contributed by atoms with Crippen LogP contribution in [0.5, 0.6) is 0 Å². The lowest BCUT2D eigenvalue weighted by atomic mass is 10.1. The highest BCUT2D eigenvalue weighted by Gasteiger charge is 2.22. The highest BCUT2D eigenvalue weighted by atomic mass is 19.3. The van der Waals surface area contributed by atoms with Crippen molar-refractivity contribution in [2.45, 2.75) is 38.7 Å². The zero-order chi connectivity index (χ0) is 18.5. The molecule has 2 N–H and O–H groups in total. The second-order valence-corrected chi connectivity index (χ2v) is 6.39. The van der Waals surface area contributed by atoms with Crippen LogP contribution < -0.4 is 10.6 Å². The van der Waals surface area contributed by atoms with Gasteiger partial charge in [-0.15, -0.1) is 15.3 Å². The van der Waals surface area contributed by atoms with Crippen LogP contribution in [0.4, 0.5) is 14.6 Å². The van der Waals surface area contributed by atoms with Gasteiger partial charge in [-0.3, -0.25) is 9.69 Å². The first-order valence-corrected chi connectivity index (χ1v) is 8.83. The molecule has 26 heavy (non-hydrogen) atoms. The van der Waals surface area contributed by atoms with E-state index in [0.29, 0.717) is 24.6 Å². The van der Waals surface area contributed by atoms with Crippen molar-refractivity contribution in [3.05, 3.63) is 18.0 Å². The lowest BCUT2D eigenvalue weighted by Gasteiger charge is -2.32. The summed E-state index contributed by atoms with van der Waals surface area (Å²) in [5.41, 5.74) is 0.291. The van der Waals surface area contributed by atoms with E-state index in [4.69, 9.17) is 0 Å². The first-order chi connectivity index (χ1) is 12.6. The number of alkyl halides is 2. The average Bonchev–Trinajstić information content (AvgIpc) is 3.05. The van der Waals surface area contributed by atoms with E-state index in [2.05, 4.69) is 30.8 Å². The van der Waals surface area contributed by atoms with E-state index in [0.717, 1.165) is 36.9 Å². The average molecular weight is 367 g/mol. The largest absolute Gasteiger partial charge is 0.366 e. The Morgan fingerprint density at radius 3 is 2.77 bits per heavy atom. The van der Waals surface area contributed by atoms with Crippen molar-refractivity contribution in [2.24, 2.45) is 0 Å². The molecule has 0 aromatic carbocycles. The van der Waals surface area contributed by atoms with E-state index in [1.165, 1.54) is 0 Å². The molecule has 1 saturated heterocycles. The van der Waals surface area contributed by atoms with Crippen LogP contribution in [0.1, 0.15) is 38.4 Å². The summed E-state index contributed by atoms with van der Waals surface area (Å²) in [5.74, 6) is 0.104. The lowest BCUT2D eigenvalue weighted by Crippen LogP contribution is -2.44. The fraction of sp³-hybridized carbons (Fsp3) is 0.625. The predicted molar refractivity (Wildman–Crippen MR) is 92.1 cm³/mol. The lowest BCUT2D eigenvalue weighted by molar-refractivity contribution is -0.122. The molecule has 10 heteroatoms. The number of nitrogens with one attached hydrogen (secondary N) is 2. The van der Waals surface area contributed by atoms with Crippen molar-refractivity contribution < 1.29 is 13.6 Å². The molecule has 0 bridgehead atoms. The molecule has 2 aromatic heterocycles. The van der Waals surface area contributed by atoms with Gasteiger partial charge >= 0.3 is 0 Å². The van der Waals surface area contributed by atoms with Crippen molar-refractivity contribution >= 4 is 17.4 Å². The summed E-state index contributed by atoms with van der Waals surface area (Å²) in [6, 6.07) is 3.51. The fourth-order valence-electron chi connectivity index (χ4n) is 2.99. The van der Waals surface area contributed by atoms with E-state index in [9.17, 15) is 13.6 Å². The van der Waals surface area contributed by atoms with Gasteiger partial charge in [0.25, 0.3) is 6.43 Å². The van der Waals surface area contributed by atoms with Crippen molar-refractivity contribution in [1.82, 2.24) is 30.0 Å². The summed E-state index contributed by atoms with van der Waals surface area (Å²) in [6.07, 6.45) is -0.0979. The molecular weight excluding hydrogens is 344 g/mol. The number of hydrogen-bond donors (Lipinski definition) is 2. The van der Waals surface area contributed by atoms with E-state index < -0.39 is 12.2 Å². The molecule has 1 fully saturated rings. The van der Waals surface area contributed by atoms with Crippen LogP contribution in [0, 0.1) is 0 Å². The first kappa shape index (κ1) is 18.4. The van der Waals surface area contributed by atoms with Gasteiger partial charge in [-0.05, 0) is 31.4 Å². The number of anilines is 1. The summed E-state index contributed by atoms with van der Waals surface area (Å²) in [5, 5.41) is 17.5. The molecule has 0 saturated carbocycles.